The molecule has 0 saturated heterocycles. The maximum atomic E-state index is 10.1. The van der Waals surface area contributed by atoms with Crippen LogP contribution in [0.3, 0.4) is 0 Å². The zero-order chi connectivity index (χ0) is 5.21. The molecule has 0 radical (unpaired) electrons. The third kappa shape index (κ3) is 10.7. The highest BCUT2D eigenvalue weighted by Gasteiger charge is 1.82. The van der Waals surface area contributed by atoms with Gasteiger partial charge in [0.2, 0.25) is 0 Å². The fourth-order valence-corrected chi connectivity index (χ4v) is 0. The summed E-state index contributed by atoms with van der Waals surface area (Å²) in [5.74, 6) is 0. The molecule has 0 heterocycles. The summed E-state index contributed by atoms with van der Waals surface area (Å²) in [6, 6.07) is 0. The van der Waals surface area contributed by atoms with Crippen LogP contribution in [-0.2, 0) is 9.92 Å². The van der Waals surface area contributed by atoms with Gasteiger partial charge in [-0.1, -0.05) is 0 Å². The molecule has 0 saturated carbocycles. The molecule has 0 aromatic rings. The normalized spacial score (nSPS) is 16.9. The Morgan fingerprint density at radius 1 is 1.71 bits per heavy atom. The predicted molar refractivity (Wildman–Crippen MR) is 33.1 cm³/mol. The van der Waals surface area contributed by atoms with Crippen LogP contribution in [0.25, 0.3) is 0 Å². The summed E-state index contributed by atoms with van der Waals surface area (Å²) < 4.78 is 19.0. The van der Waals surface area contributed by atoms with Crippen LogP contribution in [0.5, 0.6) is 0 Å². The van der Waals surface area contributed by atoms with E-state index in [1.165, 1.54) is 13.3 Å². The van der Waals surface area contributed by atoms with E-state index in [9.17, 15) is 4.21 Å². The van der Waals surface area contributed by atoms with Crippen LogP contribution in [-0.4, -0.2) is 17.5 Å². The van der Waals surface area contributed by atoms with Crippen LogP contribution in [0.15, 0.2) is 0 Å². The molecule has 2 N–H and O–H groups in total. The first kappa shape index (κ1) is 10.2. The Hall–Kier alpha value is 0.200. The predicted octanol–water partition coefficient (Wildman–Crippen LogP) is 0.219. The van der Waals surface area contributed by atoms with E-state index < -0.39 is 9.92 Å². The minimum atomic E-state index is -2.41. The second kappa shape index (κ2) is 3.23. The van der Waals surface area contributed by atoms with Gasteiger partial charge < -0.3 is 0 Å². The standard InChI is InChI=1S/C2H8N2OS.ClH/c1-4-6(2,3)5;/h1-2H3,(H2,3,4,5);1H. The van der Waals surface area contributed by atoms with E-state index in [-0.39, 0.29) is 12.4 Å². The van der Waals surface area contributed by atoms with Crippen molar-refractivity contribution < 1.29 is 4.21 Å². The second-order valence-corrected chi connectivity index (χ2v) is 3.14. The Morgan fingerprint density at radius 3 is 1.86 bits per heavy atom. The van der Waals surface area contributed by atoms with Gasteiger partial charge in [0.05, 0.1) is 0 Å². The minimum Gasteiger partial charge on any atom is -0.241 e. The van der Waals surface area contributed by atoms with Gasteiger partial charge in [-0.2, -0.15) is 0 Å². The fourth-order valence-electron chi connectivity index (χ4n) is 0. The van der Waals surface area contributed by atoms with Gasteiger partial charge in [0, 0.05) is 6.26 Å². The van der Waals surface area contributed by atoms with Crippen molar-refractivity contribution in [2.45, 2.75) is 0 Å². The van der Waals surface area contributed by atoms with Crippen LogP contribution >= 0.6 is 12.4 Å². The molecule has 0 bridgehead atoms. The molecule has 0 amide bonds. The van der Waals surface area contributed by atoms with Crippen LogP contribution in [0.4, 0.5) is 0 Å². The molecule has 1 unspecified atom stereocenters. The lowest BCUT2D eigenvalue weighted by atomic mass is 11.6. The van der Waals surface area contributed by atoms with Gasteiger partial charge in [-0.05, 0) is 7.05 Å². The number of hydrogen-bond acceptors (Lipinski definition) is 2. The summed E-state index contributed by atoms with van der Waals surface area (Å²) in [7, 11) is -0.917. The van der Waals surface area contributed by atoms with Crippen LogP contribution in [0.1, 0.15) is 0 Å². The van der Waals surface area contributed by atoms with Gasteiger partial charge in [-0.25, -0.2) is 13.7 Å². The lowest BCUT2D eigenvalue weighted by Gasteiger charge is -1.90. The van der Waals surface area contributed by atoms with E-state index >= 15 is 0 Å². The van der Waals surface area contributed by atoms with E-state index in [1.54, 1.807) is 0 Å². The summed E-state index contributed by atoms with van der Waals surface area (Å²) in [4.78, 5) is 0. The molecule has 0 aliphatic carbocycles. The van der Waals surface area contributed by atoms with Gasteiger partial charge in [0.1, 0.15) is 9.92 Å². The molecular formula is C2H9ClN2OS. The molecule has 0 aromatic carbocycles. The maximum absolute atomic E-state index is 10.1. The Bertz CT molecular complexity index is 118. The Labute approximate surface area is 50.0 Å². The van der Waals surface area contributed by atoms with Crippen molar-refractivity contribution >= 4 is 22.3 Å². The first-order chi connectivity index (χ1) is 2.56. The van der Waals surface area contributed by atoms with Gasteiger partial charge in [-0.3, -0.25) is 0 Å². The minimum absolute atomic E-state index is 0. The van der Waals surface area contributed by atoms with Crippen molar-refractivity contribution in [1.82, 2.24) is 4.72 Å². The molecule has 46 valence electrons. The van der Waals surface area contributed by atoms with Gasteiger partial charge in [0.15, 0.2) is 0 Å². The zero-order valence-corrected chi connectivity index (χ0v) is 5.86. The van der Waals surface area contributed by atoms with E-state index in [1.807, 2.05) is 0 Å². The van der Waals surface area contributed by atoms with Crippen molar-refractivity contribution in [2.75, 3.05) is 13.3 Å². The first-order valence-electron chi connectivity index (χ1n) is 1.48. The average molecular weight is 145 g/mol. The van der Waals surface area contributed by atoms with Crippen LogP contribution in [0, 0.1) is 4.78 Å². The van der Waals surface area contributed by atoms with Crippen molar-refractivity contribution in [3.05, 3.63) is 0 Å². The number of nitrogens with one attached hydrogen (secondary N) is 2. The van der Waals surface area contributed by atoms with Crippen molar-refractivity contribution in [3.8, 4) is 0 Å². The largest absolute Gasteiger partial charge is 0.241 e. The number of rotatable bonds is 1. The van der Waals surface area contributed by atoms with Crippen molar-refractivity contribution in [1.29, 1.82) is 4.78 Å². The van der Waals surface area contributed by atoms with Crippen molar-refractivity contribution in [3.63, 3.8) is 0 Å². The highest BCUT2D eigenvalue weighted by molar-refractivity contribution is 7.89. The lowest BCUT2D eigenvalue weighted by Crippen LogP contribution is -2.13. The molecule has 0 rings (SSSR count). The molecule has 5 heteroatoms. The number of halogens is 1. The molecule has 0 spiro atoms. The molecular weight excluding hydrogens is 136 g/mol. The van der Waals surface area contributed by atoms with Gasteiger partial charge in [0.25, 0.3) is 0 Å². The summed E-state index contributed by atoms with van der Waals surface area (Å²) >= 11 is 0. The topological polar surface area (TPSA) is 53.0 Å². The quantitative estimate of drug-likeness (QED) is 0.544. The average Bonchev–Trinajstić information content (AvgIpc) is 1.35. The summed E-state index contributed by atoms with van der Waals surface area (Å²) in [6.07, 6.45) is 1.33. The molecule has 3 nitrogen and oxygen atoms in total. The zero-order valence-electron chi connectivity index (χ0n) is 4.22. The monoisotopic (exact) mass is 144 g/mol. The molecule has 1 atom stereocenters. The summed E-state index contributed by atoms with van der Waals surface area (Å²) in [5.41, 5.74) is 0. The third-order valence-corrected chi connectivity index (χ3v) is 1.17. The fraction of sp³-hybridized carbons (Fsp3) is 1.00. The highest BCUT2D eigenvalue weighted by Crippen LogP contribution is 1.66. The maximum Gasteiger partial charge on any atom is 0.102 e. The number of hydrogen-bond donors (Lipinski definition) is 2. The van der Waals surface area contributed by atoms with E-state index in [0.29, 0.717) is 0 Å². The smallest absolute Gasteiger partial charge is 0.102 e. The third-order valence-electron chi connectivity index (χ3n) is 0.390. The Morgan fingerprint density at radius 2 is 1.86 bits per heavy atom. The molecule has 0 aliphatic heterocycles. The highest BCUT2D eigenvalue weighted by atomic mass is 35.5. The van der Waals surface area contributed by atoms with Crippen molar-refractivity contribution in [2.24, 2.45) is 0 Å². The van der Waals surface area contributed by atoms with E-state index in [0.717, 1.165) is 0 Å². The molecule has 0 aliphatic rings. The summed E-state index contributed by atoms with van der Waals surface area (Å²) in [6.45, 7) is 0. The van der Waals surface area contributed by atoms with E-state index in [2.05, 4.69) is 4.72 Å². The van der Waals surface area contributed by atoms with Gasteiger partial charge in [-0.15, -0.1) is 12.4 Å². The Balaban J connectivity index is 0. The molecule has 0 fully saturated rings. The SMILES string of the molecule is CNS(C)(=N)=O.Cl. The first-order valence-corrected chi connectivity index (χ1v) is 3.45. The van der Waals surface area contributed by atoms with Crippen LogP contribution in [0.2, 0.25) is 0 Å². The molecule has 0 aromatic heterocycles. The van der Waals surface area contributed by atoms with Crippen LogP contribution < -0.4 is 4.72 Å². The summed E-state index contributed by atoms with van der Waals surface area (Å²) in [5, 5.41) is 0. The lowest BCUT2D eigenvalue weighted by molar-refractivity contribution is 0.673. The van der Waals surface area contributed by atoms with E-state index in [4.69, 9.17) is 4.78 Å². The second-order valence-electron chi connectivity index (χ2n) is 1.05. The van der Waals surface area contributed by atoms with Gasteiger partial charge >= 0.3 is 0 Å². The molecule has 7 heavy (non-hydrogen) atoms. The Kier molecular flexibility index (Phi) is 4.73.